The minimum absolute atomic E-state index is 0.00819. The van der Waals surface area contributed by atoms with Crippen LogP contribution >= 0.6 is 0 Å². The zero-order valence-electron chi connectivity index (χ0n) is 10.6. The zero-order chi connectivity index (χ0) is 11.3. The van der Waals surface area contributed by atoms with Crippen molar-refractivity contribution in [1.29, 1.82) is 0 Å². The second-order valence-corrected chi connectivity index (χ2v) is 6.76. The van der Waals surface area contributed by atoms with Gasteiger partial charge in [0.2, 0.25) is 0 Å². The monoisotopic (exact) mass is 208 g/mol. The normalized spacial score (nSPS) is 44.9. The summed E-state index contributed by atoms with van der Waals surface area (Å²) in [5, 5.41) is 0. The maximum Gasteiger partial charge on any atom is 0.139 e. The molecule has 0 spiro atoms. The molecule has 2 saturated carbocycles. The van der Waals surface area contributed by atoms with Gasteiger partial charge in [-0.1, -0.05) is 27.7 Å². The van der Waals surface area contributed by atoms with E-state index in [1.807, 2.05) is 0 Å². The lowest BCUT2D eigenvalue weighted by atomic mass is 9.50. The Morgan fingerprint density at radius 1 is 1.20 bits per heavy atom. The molecule has 0 N–H and O–H groups in total. The lowest BCUT2D eigenvalue weighted by molar-refractivity contribution is -0.146. The van der Waals surface area contributed by atoms with Gasteiger partial charge in [-0.05, 0) is 42.9 Å². The van der Waals surface area contributed by atoms with Crippen LogP contribution in [0.1, 0.15) is 59.8 Å². The van der Waals surface area contributed by atoms with Crippen LogP contribution in [0.25, 0.3) is 0 Å². The zero-order valence-corrected chi connectivity index (χ0v) is 10.6. The van der Waals surface area contributed by atoms with E-state index in [0.29, 0.717) is 17.1 Å². The average Bonchev–Trinajstić information content (AvgIpc) is 2.16. The lowest BCUT2D eigenvalue weighted by Crippen LogP contribution is -2.50. The largest absolute Gasteiger partial charge is 0.299 e. The van der Waals surface area contributed by atoms with Crippen molar-refractivity contribution in [3.8, 4) is 0 Å². The summed E-state index contributed by atoms with van der Waals surface area (Å²) in [6, 6.07) is 0. The molecule has 86 valence electrons. The molecule has 0 aliphatic heterocycles. The molecular formula is C14H24O. The van der Waals surface area contributed by atoms with Gasteiger partial charge in [0.25, 0.3) is 0 Å². The Bertz CT molecular complexity index is 279. The minimum atomic E-state index is 0.00819. The first kappa shape index (κ1) is 11.2. The highest BCUT2D eigenvalue weighted by molar-refractivity contribution is 5.86. The number of fused-ring (bicyclic) bond motifs is 1. The molecule has 0 amide bonds. The molecule has 15 heavy (non-hydrogen) atoms. The van der Waals surface area contributed by atoms with Gasteiger partial charge in [0.05, 0.1) is 0 Å². The summed E-state index contributed by atoms with van der Waals surface area (Å²) in [5.41, 5.74) is 0.381. The van der Waals surface area contributed by atoms with Crippen molar-refractivity contribution in [2.24, 2.45) is 22.7 Å². The molecule has 2 aliphatic carbocycles. The van der Waals surface area contributed by atoms with Crippen LogP contribution in [0.3, 0.4) is 0 Å². The van der Waals surface area contributed by atoms with Gasteiger partial charge in [0.1, 0.15) is 5.78 Å². The summed E-state index contributed by atoms with van der Waals surface area (Å²) in [6.45, 7) is 9.29. The van der Waals surface area contributed by atoms with Crippen molar-refractivity contribution in [3.05, 3.63) is 0 Å². The van der Waals surface area contributed by atoms with Crippen molar-refractivity contribution in [1.82, 2.24) is 0 Å². The number of carbonyl (C=O) groups excluding carboxylic acids is 1. The van der Waals surface area contributed by atoms with Crippen molar-refractivity contribution in [3.63, 3.8) is 0 Å². The first-order valence-corrected chi connectivity index (χ1v) is 6.39. The minimum Gasteiger partial charge on any atom is -0.299 e. The van der Waals surface area contributed by atoms with Crippen LogP contribution in [0, 0.1) is 22.7 Å². The molecule has 0 radical (unpaired) electrons. The number of rotatable bonds is 0. The summed E-state index contributed by atoms with van der Waals surface area (Å²) in [7, 11) is 0. The molecule has 0 aromatic carbocycles. The maximum absolute atomic E-state index is 12.1. The summed E-state index contributed by atoms with van der Waals surface area (Å²) in [4.78, 5) is 12.1. The molecule has 2 fully saturated rings. The second kappa shape index (κ2) is 3.33. The summed E-state index contributed by atoms with van der Waals surface area (Å²) in [6.07, 6.45) is 5.54. The van der Waals surface area contributed by atoms with E-state index in [2.05, 4.69) is 27.7 Å². The standard InChI is InChI=1S/C14H24O/c1-10-5-8-14(4)11(9-10)13(2,3)7-6-12(14)15/h10-11H,5-9H2,1-4H3. The SMILES string of the molecule is CC1CCC2(C)C(=O)CCC(C)(C)C2C1. The van der Waals surface area contributed by atoms with Gasteiger partial charge in [-0.2, -0.15) is 0 Å². The molecule has 2 rings (SSSR count). The number of Topliss-reactive ketones (excluding diaryl/α,β-unsaturated/α-hetero) is 1. The molecule has 0 saturated heterocycles. The van der Waals surface area contributed by atoms with Crippen LogP contribution < -0.4 is 0 Å². The lowest BCUT2D eigenvalue weighted by Gasteiger charge is -2.53. The van der Waals surface area contributed by atoms with Crippen molar-refractivity contribution >= 4 is 5.78 Å². The number of hydrogen-bond acceptors (Lipinski definition) is 1. The topological polar surface area (TPSA) is 17.1 Å². The fraction of sp³-hybridized carbons (Fsp3) is 0.929. The predicted molar refractivity (Wildman–Crippen MR) is 62.6 cm³/mol. The maximum atomic E-state index is 12.1. The third kappa shape index (κ3) is 1.64. The van der Waals surface area contributed by atoms with Gasteiger partial charge in [-0.15, -0.1) is 0 Å². The van der Waals surface area contributed by atoms with Crippen LogP contribution in [-0.4, -0.2) is 5.78 Å². The summed E-state index contributed by atoms with van der Waals surface area (Å²) >= 11 is 0. The van der Waals surface area contributed by atoms with Crippen LogP contribution in [0.4, 0.5) is 0 Å². The van der Waals surface area contributed by atoms with Crippen LogP contribution in [0.2, 0.25) is 0 Å². The quantitative estimate of drug-likeness (QED) is 0.591. The van der Waals surface area contributed by atoms with E-state index in [9.17, 15) is 4.79 Å². The summed E-state index contributed by atoms with van der Waals surface area (Å²) < 4.78 is 0. The Morgan fingerprint density at radius 3 is 2.53 bits per heavy atom. The highest BCUT2D eigenvalue weighted by Crippen LogP contribution is 2.56. The van der Waals surface area contributed by atoms with E-state index in [1.54, 1.807) is 0 Å². The van der Waals surface area contributed by atoms with E-state index in [-0.39, 0.29) is 5.41 Å². The third-order valence-corrected chi connectivity index (χ3v) is 5.14. The van der Waals surface area contributed by atoms with Gasteiger partial charge < -0.3 is 0 Å². The molecule has 1 nitrogen and oxygen atoms in total. The Hall–Kier alpha value is -0.330. The number of hydrogen-bond donors (Lipinski definition) is 0. The first-order valence-electron chi connectivity index (χ1n) is 6.39. The van der Waals surface area contributed by atoms with Crippen LogP contribution in [0.5, 0.6) is 0 Å². The smallest absolute Gasteiger partial charge is 0.139 e. The highest BCUT2D eigenvalue weighted by Gasteiger charge is 2.53. The van der Waals surface area contributed by atoms with Crippen molar-refractivity contribution in [2.45, 2.75) is 59.8 Å². The second-order valence-electron chi connectivity index (χ2n) is 6.76. The van der Waals surface area contributed by atoms with Crippen molar-refractivity contribution in [2.75, 3.05) is 0 Å². The van der Waals surface area contributed by atoms with E-state index < -0.39 is 0 Å². The van der Waals surface area contributed by atoms with E-state index in [0.717, 1.165) is 25.2 Å². The Morgan fingerprint density at radius 2 is 1.87 bits per heavy atom. The highest BCUT2D eigenvalue weighted by atomic mass is 16.1. The molecule has 2 aliphatic rings. The van der Waals surface area contributed by atoms with Gasteiger partial charge in [0, 0.05) is 11.8 Å². The van der Waals surface area contributed by atoms with Crippen molar-refractivity contribution < 1.29 is 4.79 Å². The predicted octanol–water partition coefficient (Wildman–Crippen LogP) is 3.82. The van der Waals surface area contributed by atoms with E-state index in [1.165, 1.54) is 12.8 Å². The molecule has 3 atom stereocenters. The van der Waals surface area contributed by atoms with Gasteiger partial charge in [0.15, 0.2) is 0 Å². The molecular weight excluding hydrogens is 184 g/mol. The molecule has 0 aromatic rings. The number of ketones is 1. The van der Waals surface area contributed by atoms with E-state index >= 15 is 0 Å². The number of carbonyl (C=O) groups is 1. The fourth-order valence-corrected chi connectivity index (χ4v) is 3.91. The average molecular weight is 208 g/mol. The fourth-order valence-electron chi connectivity index (χ4n) is 3.91. The Labute approximate surface area is 93.6 Å². The van der Waals surface area contributed by atoms with Gasteiger partial charge >= 0.3 is 0 Å². The Balaban J connectivity index is 2.32. The van der Waals surface area contributed by atoms with E-state index in [4.69, 9.17) is 0 Å². The molecule has 0 heterocycles. The third-order valence-electron chi connectivity index (χ3n) is 5.14. The van der Waals surface area contributed by atoms with Gasteiger partial charge in [-0.3, -0.25) is 4.79 Å². The molecule has 0 bridgehead atoms. The molecule has 0 aromatic heterocycles. The van der Waals surface area contributed by atoms with Crippen LogP contribution in [-0.2, 0) is 4.79 Å². The Kier molecular flexibility index (Phi) is 2.48. The molecule has 1 heteroatoms. The van der Waals surface area contributed by atoms with Gasteiger partial charge in [-0.25, -0.2) is 0 Å². The first-order chi connectivity index (χ1) is 6.86. The summed E-state index contributed by atoms with van der Waals surface area (Å²) in [5.74, 6) is 1.97. The molecule has 3 unspecified atom stereocenters. The van der Waals surface area contributed by atoms with Crippen LogP contribution in [0.15, 0.2) is 0 Å².